The van der Waals surface area contributed by atoms with Crippen molar-refractivity contribution in [2.24, 2.45) is 0 Å². The minimum atomic E-state index is -0.883. The SMILES string of the molecule is COC1(CC(=O)O)CCc2c(F)cccc2C1. The summed E-state index contributed by atoms with van der Waals surface area (Å²) in [5, 5.41) is 8.91. The largest absolute Gasteiger partial charge is 0.481 e. The number of methoxy groups -OCH3 is 1. The standard InChI is InChI=1S/C13H15FO3/c1-17-13(8-12(15)16)6-5-10-9(7-13)3-2-4-11(10)14/h2-4H,5-8H2,1H3,(H,15,16). The summed E-state index contributed by atoms with van der Waals surface area (Å²) in [4.78, 5) is 10.9. The molecule has 0 radical (unpaired) electrons. The van der Waals surface area contributed by atoms with Gasteiger partial charge < -0.3 is 9.84 Å². The Bertz CT molecular complexity index is 444. The zero-order valence-corrected chi connectivity index (χ0v) is 9.70. The van der Waals surface area contributed by atoms with Crippen LogP contribution in [0.2, 0.25) is 0 Å². The molecular weight excluding hydrogens is 223 g/mol. The maximum atomic E-state index is 13.5. The van der Waals surface area contributed by atoms with Crippen molar-refractivity contribution in [3.63, 3.8) is 0 Å². The van der Waals surface area contributed by atoms with Crippen molar-refractivity contribution in [2.45, 2.75) is 31.3 Å². The van der Waals surface area contributed by atoms with Crippen LogP contribution < -0.4 is 0 Å². The van der Waals surface area contributed by atoms with Gasteiger partial charge in [-0.3, -0.25) is 4.79 Å². The fourth-order valence-corrected chi connectivity index (χ4v) is 2.51. The first-order valence-corrected chi connectivity index (χ1v) is 5.59. The first kappa shape index (κ1) is 12.0. The van der Waals surface area contributed by atoms with Crippen LogP contribution in [0.25, 0.3) is 0 Å². The van der Waals surface area contributed by atoms with Gasteiger partial charge in [-0.25, -0.2) is 4.39 Å². The summed E-state index contributed by atoms with van der Waals surface area (Å²) < 4.78 is 18.9. The number of benzene rings is 1. The first-order valence-electron chi connectivity index (χ1n) is 5.59. The molecule has 92 valence electrons. The molecule has 1 aliphatic carbocycles. The molecule has 0 aliphatic heterocycles. The van der Waals surface area contributed by atoms with E-state index in [1.165, 1.54) is 13.2 Å². The lowest BCUT2D eigenvalue weighted by Crippen LogP contribution is -2.40. The summed E-state index contributed by atoms with van der Waals surface area (Å²) >= 11 is 0. The lowest BCUT2D eigenvalue weighted by atomic mass is 9.78. The number of hydrogen-bond acceptors (Lipinski definition) is 2. The van der Waals surface area contributed by atoms with E-state index in [9.17, 15) is 9.18 Å². The molecular formula is C13H15FO3. The summed E-state index contributed by atoms with van der Waals surface area (Å²) in [6, 6.07) is 4.93. The monoisotopic (exact) mass is 238 g/mol. The average molecular weight is 238 g/mol. The first-order chi connectivity index (χ1) is 8.06. The fourth-order valence-electron chi connectivity index (χ4n) is 2.51. The van der Waals surface area contributed by atoms with Crippen molar-refractivity contribution in [1.82, 2.24) is 0 Å². The maximum Gasteiger partial charge on any atom is 0.306 e. The van der Waals surface area contributed by atoms with E-state index in [1.807, 2.05) is 6.07 Å². The Morgan fingerprint density at radius 2 is 2.35 bits per heavy atom. The molecule has 1 aromatic rings. The van der Waals surface area contributed by atoms with Gasteiger partial charge in [0.15, 0.2) is 0 Å². The van der Waals surface area contributed by atoms with Gasteiger partial charge in [0, 0.05) is 13.5 Å². The molecule has 1 aliphatic rings. The van der Waals surface area contributed by atoms with Crippen molar-refractivity contribution in [1.29, 1.82) is 0 Å². The van der Waals surface area contributed by atoms with Crippen molar-refractivity contribution in [2.75, 3.05) is 7.11 Å². The van der Waals surface area contributed by atoms with Gasteiger partial charge in [0.05, 0.1) is 12.0 Å². The van der Waals surface area contributed by atoms with Crippen molar-refractivity contribution >= 4 is 5.97 Å². The Labute approximate surface area is 99.2 Å². The van der Waals surface area contributed by atoms with Gasteiger partial charge in [-0.2, -0.15) is 0 Å². The normalized spacial score (nSPS) is 23.2. The van der Waals surface area contributed by atoms with Crippen LogP contribution in [0, 0.1) is 5.82 Å². The van der Waals surface area contributed by atoms with Gasteiger partial charge in [-0.1, -0.05) is 12.1 Å². The van der Waals surface area contributed by atoms with Gasteiger partial charge in [-0.15, -0.1) is 0 Å². The molecule has 1 unspecified atom stereocenters. The number of halogens is 1. The lowest BCUT2D eigenvalue weighted by molar-refractivity contribution is -0.144. The highest BCUT2D eigenvalue weighted by Crippen LogP contribution is 2.34. The van der Waals surface area contributed by atoms with E-state index >= 15 is 0 Å². The van der Waals surface area contributed by atoms with E-state index in [2.05, 4.69) is 0 Å². The summed E-state index contributed by atoms with van der Waals surface area (Å²) in [7, 11) is 1.52. The Kier molecular flexibility index (Phi) is 3.15. The van der Waals surface area contributed by atoms with Crippen LogP contribution >= 0.6 is 0 Å². The second kappa shape index (κ2) is 4.45. The third-order valence-corrected chi connectivity index (χ3v) is 3.47. The van der Waals surface area contributed by atoms with Crippen molar-refractivity contribution in [3.05, 3.63) is 35.1 Å². The summed E-state index contributed by atoms with van der Waals surface area (Å²) in [6.07, 6.45) is 1.50. The van der Waals surface area contributed by atoms with Crippen LogP contribution in [0.5, 0.6) is 0 Å². The zero-order valence-electron chi connectivity index (χ0n) is 9.70. The molecule has 2 rings (SSSR count). The van der Waals surface area contributed by atoms with E-state index < -0.39 is 11.6 Å². The number of carboxylic acids is 1. The molecule has 3 nitrogen and oxygen atoms in total. The zero-order chi connectivity index (χ0) is 12.5. The third kappa shape index (κ3) is 2.31. The van der Waals surface area contributed by atoms with Crippen LogP contribution in [0.4, 0.5) is 4.39 Å². The second-order valence-corrected chi connectivity index (χ2v) is 4.51. The molecule has 0 fully saturated rings. The Hall–Kier alpha value is -1.42. The van der Waals surface area contributed by atoms with Crippen LogP contribution in [-0.2, 0) is 22.4 Å². The van der Waals surface area contributed by atoms with E-state index in [1.54, 1.807) is 6.07 Å². The lowest BCUT2D eigenvalue weighted by Gasteiger charge is -2.36. The predicted octanol–water partition coefficient (Wildman–Crippen LogP) is 2.17. The van der Waals surface area contributed by atoms with Gasteiger partial charge in [-0.05, 0) is 30.0 Å². The fraction of sp³-hybridized carbons (Fsp3) is 0.462. The molecule has 1 N–H and O–H groups in total. The quantitative estimate of drug-likeness (QED) is 0.877. The van der Waals surface area contributed by atoms with Crippen molar-refractivity contribution in [3.8, 4) is 0 Å². The minimum absolute atomic E-state index is 0.0422. The van der Waals surface area contributed by atoms with Crippen molar-refractivity contribution < 1.29 is 19.0 Å². The Morgan fingerprint density at radius 3 is 3.00 bits per heavy atom. The second-order valence-electron chi connectivity index (χ2n) is 4.51. The predicted molar refractivity (Wildman–Crippen MR) is 60.4 cm³/mol. The summed E-state index contributed by atoms with van der Waals surface area (Å²) in [5.41, 5.74) is 0.872. The molecule has 0 amide bonds. The number of carbonyl (C=O) groups is 1. The maximum absolute atomic E-state index is 13.5. The third-order valence-electron chi connectivity index (χ3n) is 3.47. The van der Waals surface area contributed by atoms with Crippen LogP contribution in [0.15, 0.2) is 18.2 Å². The van der Waals surface area contributed by atoms with Gasteiger partial charge in [0.1, 0.15) is 5.82 Å². The number of fused-ring (bicyclic) bond motifs is 1. The molecule has 0 saturated heterocycles. The minimum Gasteiger partial charge on any atom is -0.481 e. The van der Waals surface area contributed by atoms with Crippen LogP contribution in [-0.4, -0.2) is 23.8 Å². The highest BCUT2D eigenvalue weighted by molar-refractivity contribution is 5.68. The highest BCUT2D eigenvalue weighted by atomic mass is 19.1. The number of ether oxygens (including phenoxy) is 1. The molecule has 1 atom stereocenters. The molecule has 1 aromatic carbocycles. The molecule has 4 heteroatoms. The van der Waals surface area contributed by atoms with Crippen LogP contribution in [0.1, 0.15) is 24.0 Å². The molecule has 0 bridgehead atoms. The topological polar surface area (TPSA) is 46.5 Å². The highest BCUT2D eigenvalue weighted by Gasteiger charge is 2.37. The van der Waals surface area contributed by atoms with E-state index in [0.717, 1.165) is 5.56 Å². The van der Waals surface area contributed by atoms with E-state index in [4.69, 9.17) is 9.84 Å². The number of carboxylic acid groups (broad SMARTS) is 1. The smallest absolute Gasteiger partial charge is 0.306 e. The summed E-state index contributed by atoms with van der Waals surface area (Å²) in [6.45, 7) is 0. The average Bonchev–Trinajstić information content (AvgIpc) is 2.28. The molecule has 0 heterocycles. The molecule has 0 saturated carbocycles. The number of rotatable bonds is 3. The van der Waals surface area contributed by atoms with Gasteiger partial charge in [0.25, 0.3) is 0 Å². The van der Waals surface area contributed by atoms with Gasteiger partial charge in [0.2, 0.25) is 0 Å². The molecule has 0 spiro atoms. The summed E-state index contributed by atoms with van der Waals surface area (Å²) in [5.74, 6) is -1.09. The number of hydrogen-bond donors (Lipinski definition) is 1. The van der Waals surface area contributed by atoms with E-state index in [0.29, 0.717) is 24.8 Å². The number of aliphatic carboxylic acids is 1. The van der Waals surface area contributed by atoms with Gasteiger partial charge >= 0.3 is 5.97 Å². The van der Waals surface area contributed by atoms with Crippen LogP contribution in [0.3, 0.4) is 0 Å². The van der Waals surface area contributed by atoms with E-state index in [-0.39, 0.29) is 12.2 Å². The Morgan fingerprint density at radius 1 is 1.59 bits per heavy atom. The Balaban J connectivity index is 2.30. The molecule has 17 heavy (non-hydrogen) atoms. The molecule has 0 aromatic heterocycles.